The molecule has 1 atom stereocenters. The minimum Gasteiger partial charge on any atom is -0.462 e. The second-order valence-electron chi connectivity index (χ2n) is 22.7. The summed E-state index contributed by atoms with van der Waals surface area (Å²) in [5, 5.41) is 19.8. The van der Waals surface area contributed by atoms with Crippen LogP contribution in [0.25, 0.3) is 11.1 Å². The van der Waals surface area contributed by atoms with E-state index in [0.717, 1.165) is 60.4 Å². The zero-order valence-electron chi connectivity index (χ0n) is 62.2. The molecule has 0 saturated heterocycles. The Morgan fingerprint density at radius 1 is 0.313 bits per heavy atom. The second kappa shape index (κ2) is 50.4. The standard InChI is InChI=1S/C30H47NO11Si4.C30H41NO5Si.C4H12O4Si.C4H12O2Si/c1-33-45(34-2,35-3)41-43(7,8)40-44(9,42-46(36-4,37-5)38-6)24-18-12-17-23-39-30(32)28(25-31)29(26-19-13-10-14-20-26)27-21-15-11-16-22-27;1-33-37(34-2,35-3)24-18-10-8-6-4-5-7-9-17-23-36-30(32)28(25-31)29(26-19-13-11-14-20-26)27-21-15-12-16-22-27;1-5-9(6-2,7-3)8-4;1-5-7(3,4)6-2/h10-11,13-16,19-22H,12,17-18,23-24H2,1-9H3;11-16,19-22H,4-10,17-18,23-24H2,1-3H3;1-4H3;1-4H3. The highest BCUT2D eigenvalue weighted by Crippen LogP contribution is 2.32. The molecule has 554 valence electrons. The molecule has 0 radical (unpaired) electrons. The van der Waals surface area contributed by atoms with Gasteiger partial charge in [-0.15, -0.1) is 0 Å². The van der Waals surface area contributed by atoms with Crippen molar-refractivity contribution < 1.29 is 97.8 Å². The molecule has 0 aliphatic heterocycles. The Morgan fingerprint density at radius 3 is 0.848 bits per heavy atom. The van der Waals surface area contributed by atoms with Crippen LogP contribution in [0.4, 0.5) is 0 Å². The Balaban J connectivity index is 0.000000819. The average Bonchev–Trinajstić information content (AvgIpc) is 0.820. The number of ether oxygens (including phenoxy) is 2. The first kappa shape index (κ1) is 92.1. The Kier molecular flexibility index (Phi) is 46.9. The minimum absolute atomic E-state index is 0.0406. The van der Waals surface area contributed by atoms with E-state index in [1.165, 1.54) is 96.8 Å². The van der Waals surface area contributed by atoms with E-state index in [1.54, 1.807) is 35.5 Å². The molecule has 0 heterocycles. The molecule has 4 aromatic rings. The number of benzene rings is 4. The summed E-state index contributed by atoms with van der Waals surface area (Å²) in [5.41, 5.74) is 4.28. The van der Waals surface area contributed by atoms with Gasteiger partial charge >= 0.3 is 73.6 Å². The molecule has 0 amide bonds. The lowest BCUT2D eigenvalue weighted by Gasteiger charge is -2.40. The SMILES string of the molecule is CO[Si](C)(C)OC.CO[Si](CCCCCCCCCCCOC(=O)C(C#N)=C(c1ccccc1)c1ccccc1)(OC)OC.CO[Si](OC)(OC)OC.CO[Si](OC)(OC)O[Si](C)(C)O[Si](C)(CCCCCOC(=O)C(C#N)=C(c1ccccc1)c1ccccc1)O[Si](OC)(OC)OC. The van der Waals surface area contributed by atoms with Crippen LogP contribution >= 0.6 is 0 Å². The van der Waals surface area contributed by atoms with Crippen LogP contribution in [0.1, 0.15) is 99.3 Å². The number of carbonyl (C=O) groups excluding carboxylic acids is 2. The predicted octanol–water partition coefficient (Wildman–Crippen LogP) is 13.2. The van der Waals surface area contributed by atoms with Crippen LogP contribution in [0.3, 0.4) is 0 Å². The van der Waals surface area contributed by atoms with Crippen LogP contribution in [-0.4, -0.2) is 193 Å². The molecule has 4 aromatic carbocycles. The first-order chi connectivity index (χ1) is 47.4. The van der Waals surface area contributed by atoms with Crippen LogP contribution in [0.15, 0.2) is 132 Å². The van der Waals surface area contributed by atoms with Crippen molar-refractivity contribution in [2.75, 3.05) is 120 Å². The van der Waals surface area contributed by atoms with E-state index in [-0.39, 0.29) is 17.8 Å². The van der Waals surface area contributed by atoms with E-state index >= 15 is 0 Å². The van der Waals surface area contributed by atoms with Gasteiger partial charge in [0.05, 0.1) is 13.2 Å². The van der Waals surface area contributed by atoms with Gasteiger partial charge in [0.2, 0.25) is 0 Å². The third kappa shape index (κ3) is 33.4. The van der Waals surface area contributed by atoms with Crippen molar-refractivity contribution in [3.63, 3.8) is 0 Å². The monoisotopic (exact) mass is 1500 g/mol. The van der Waals surface area contributed by atoms with Gasteiger partial charge in [-0.2, -0.15) is 10.5 Å². The van der Waals surface area contributed by atoms with Crippen molar-refractivity contribution in [3.05, 3.63) is 155 Å². The zero-order valence-corrected chi connectivity index (χ0v) is 69.2. The maximum absolute atomic E-state index is 13.1. The smallest absolute Gasteiger partial charge is 0.462 e. The fraction of sp³-hybridized carbons (Fsp3) is 0.529. The van der Waals surface area contributed by atoms with E-state index in [9.17, 15) is 20.1 Å². The van der Waals surface area contributed by atoms with Crippen LogP contribution in [-0.2, 0) is 97.8 Å². The number of hydrogen-bond donors (Lipinski definition) is 0. The molecule has 0 N–H and O–H groups in total. The van der Waals surface area contributed by atoms with Gasteiger partial charge in [-0.05, 0) is 80.3 Å². The molecule has 0 fully saturated rings. The summed E-state index contributed by atoms with van der Waals surface area (Å²) in [7, 11) is 3.31. The van der Waals surface area contributed by atoms with Gasteiger partial charge in [0.15, 0.2) is 0 Å². The van der Waals surface area contributed by atoms with Gasteiger partial charge < -0.3 is 88.2 Å². The van der Waals surface area contributed by atoms with Gasteiger partial charge in [-0.25, -0.2) is 9.59 Å². The van der Waals surface area contributed by atoms with Crippen molar-refractivity contribution >= 4 is 84.7 Å². The molecule has 0 aromatic heterocycles. The normalized spacial score (nSPS) is 12.3. The topological polar surface area (TPSA) is 266 Å². The lowest BCUT2D eigenvalue weighted by atomic mass is 9.93. The van der Waals surface area contributed by atoms with Crippen LogP contribution in [0.2, 0.25) is 44.8 Å². The molecule has 0 spiro atoms. The quantitative estimate of drug-likeness (QED) is 0.0131. The summed E-state index contributed by atoms with van der Waals surface area (Å²) < 4.78 is 109. The lowest BCUT2D eigenvalue weighted by Crippen LogP contribution is -2.62. The maximum Gasteiger partial charge on any atom is 0.678 e. The minimum atomic E-state index is -3.49. The maximum atomic E-state index is 13.1. The van der Waals surface area contributed by atoms with Gasteiger partial charge in [-0.1, -0.05) is 179 Å². The highest BCUT2D eigenvalue weighted by atomic mass is 28.5. The third-order valence-corrected chi connectivity index (χ3v) is 35.8. The van der Waals surface area contributed by atoms with Crippen molar-refractivity contribution in [2.24, 2.45) is 0 Å². The van der Waals surface area contributed by atoms with Gasteiger partial charge in [0.25, 0.3) is 0 Å². The molecule has 0 aliphatic carbocycles. The van der Waals surface area contributed by atoms with Crippen LogP contribution in [0, 0.1) is 22.7 Å². The van der Waals surface area contributed by atoms with Crippen molar-refractivity contribution in [3.8, 4) is 12.1 Å². The summed E-state index contributed by atoms with van der Waals surface area (Å²) in [6.07, 6.45) is 11.9. The number of nitrogens with zero attached hydrogens (tertiary/aromatic N) is 2. The lowest BCUT2D eigenvalue weighted by molar-refractivity contribution is -0.139. The molecule has 24 nitrogen and oxygen atoms in total. The predicted molar refractivity (Wildman–Crippen MR) is 394 cm³/mol. The fourth-order valence-electron chi connectivity index (χ4n) is 9.74. The van der Waals surface area contributed by atoms with E-state index in [1.807, 2.05) is 154 Å². The van der Waals surface area contributed by atoms with Gasteiger partial charge in [0.1, 0.15) is 23.3 Å². The number of carbonyl (C=O) groups is 2. The fourth-order valence-corrected chi connectivity index (χ4v) is 27.2. The Morgan fingerprint density at radius 2 is 0.586 bits per heavy atom. The highest BCUT2D eigenvalue weighted by molar-refractivity contribution is 6.85. The van der Waals surface area contributed by atoms with E-state index in [4.69, 9.17) is 88.2 Å². The average molecular weight is 1510 g/mol. The van der Waals surface area contributed by atoms with E-state index in [0.29, 0.717) is 43.1 Å². The summed E-state index contributed by atoms with van der Waals surface area (Å²) in [4.78, 5) is 26.0. The molecule has 0 aliphatic rings. The van der Waals surface area contributed by atoms with Crippen LogP contribution in [0.5, 0.6) is 0 Å². The van der Waals surface area contributed by atoms with Crippen molar-refractivity contribution in [1.82, 2.24) is 0 Å². The summed E-state index contributed by atoms with van der Waals surface area (Å²) in [6, 6.07) is 43.3. The van der Waals surface area contributed by atoms with E-state index < -0.39 is 73.6 Å². The molecule has 1 unspecified atom stereocenters. The third-order valence-electron chi connectivity index (χ3n) is 15.3. The molecular weight excluding hydrogens is 1390 g/mol. The molecule has 0 saturated carbocycles. The Hall–Kier alpha value is -4.92. The molecule has 0 bridgehead atoms. The first-order valence-corrected chi connectivity index (χ1v) is 47.6. The van der Waals surface area contributed by atoms with Gasteiger partial charge in [-0.3, -0.25) is 0 Å². The molecule has 99 heavy (non-hydrogen) atoms. The Labute approximate surface area is 598 Å². The number of hydrogen-bond acceptors (Lipinski definition) is 24. The summed E-state index contributed by atoms with van der Waals surface area (Å²) >= 11 is 0. The number of rotatable bonds is 45. The summed E-state index contributed by atoms with van der Waals surface area (Å²) in [5.74, 6) is -1.23. The zero-order chi connectivity index (χ0) is 74.3. The molecular formula is C68H112N2O22Si7. The van der Waals surface area contributed by atoms with Crippen molar-refractivity contribution in [2.45, 2.75) is 122 Å². The summed E-state index contributed by atoms with van der Waals surface area (Å²) in [6.45, 7) is 10.1. The second-order valence-corrected chi connectivity index (χ2v) is 44.5. The van der Waals surface area contributed by atoms with E-state index in [2.05, 4.69) is 12.1 Å². The number of unbranched alkanes of at least 4 members (excludes halogenated alkanes) is 10. The number of nitriles is 2. The van der Waals surface area contributed by atoms with Gasteiger partial charge in [0, 0.05) is 124 Å². The number of esters is 2. The molecule has 4 rings (SSSR count). The largest absolute Gasteiger partial charge is 0.678 e. The molecule has 31 heteroatoms. The highest BCUT2D eigenvalue weighted by Gasteiger charge is 2.56. The Bertz CT molecular complexity index is 2840. The van der Waals surface area contributed by atoms with Crippen molar-refractivity contribution in [1.29, 1.82) is 10.5 Å². The van der Waals surface area contributed by atoms with Crippen LogP contribution < -0.4 is 0 Å². The first-order valence-electron chi connectivity index (χ1n) is 32.6.